The van der Waals surface area contributed by atoms with E-state index in [0.29, 0.717) is 17.1 Å². The summed E-state index contributed by atoms with van der Waals surface area (Å²) in [7, 11) is 0. The van der Waals surface area contributed by atoms with E-state index in [1.807, 2.05) is 6.08 Å². The van der Waals surface area contributed by atoms with Gasteiger partial charge >= 0.3 is 11.6 Å². The number of aliphatic hydroxyl groups excluding tert-OH is 1. The molecule has 2 heterocycles. The standard InChI is InChI=1S/C18H22O6/c1-10-5-17-15(18(21)23-10)6-13-4-3-12(7-16(13)24-17)14(8-19)9-22-11(2)20/h5-6,12,14,16,19H,3-4,7-9H2,1-2H3/t12-,14-,16-/m0/s1. The Bertz CT molecular complexity index is 717. The monoisotopic (exact) mass is 334 g/mol. The van der Waals surface area contributed by atoms with Crippen molar-refractivity contribution < 1.29 is 23.8 Å². The summed E-state index contributed by atoms with van der Waals surface area (Å²) in [5, 5.41) is 9.62. The van der Waals surface area contributed by atoms with E-state index in [0.717, 1.165) is 24.8 Å². The van der Waals surface area contributed by atoms with Crippen LogP contribution in [0, 0.1) is 18.8 Å². The molecule has 0 aromatic carbocycles. The average molecular weight is 334 g/mol. The molecule has 130 valence electrons. The first kappa shape index (κ1) is 16.8. The number of ether oxygens (including phenoxy) is 2. The van der Waals surface area contributed by atoms with Crippen LogP contribution in [0.25, 0.3) is 6.08 Å². The molecule has 24 heavy (non-hydrogen) atoms. The van der Waals surface area contributed by atoms with Crippen molar-refractivity contribution in [2.24, 2.45) is 11.8 Å². The predicted octanol–water partition coefficient (Wildman–Crippen LogP) is 2.06. The summed E-state index contributed by atoms with van der Waals surface area (Å²) < 4.78 is 16.2. The molecule has 1 fully saturated rings. The molecule has 1 N–H and O–H groups in total. The minimum atomic E-state index is -0.374. The molecular weight excluding hydrogens is 312 g/mol. The number of aliphatic hydroxyl groups is 1. The molecule has 1 aliphatic heterocycles. The first-order valence-corrected chi connectivity index (χ1v) is 8.24. The fourth-order valence-corrected chi connectivity index (χ4v) is 3.50. The summed E-state index contributed by atoms with van der Waals surface area (Å²) in [6.07, 6.45) is 4.16. The number of carbonyl (C=O) groups is 1. The second-order valence-electron chi connectivity index (χ2n) is 6.53. The van der Waals surface area contributed by atoms with Gasteiger partial charge in [0.1, 0.15) is 23.2 Å². The van der Waals surface area contributed by atoms with E-state index >= 15 is 0 Å². The van der Waals surface area contributed by atoms with Crippen molar-refractivity contribution in [3.63, 3.8) is 0 Å². The van der Waals surface area contributed by atoms with E-state index in [1.165, 1.54) is 6.92 Å². The average Bonchev–Trinajstić information content (AvgIpc) is 2.53. The van der Waals surface area contributed by atoms with E-state index in [2.05, 4.69) is 0 Å². The van der Waals surface area contributed by atoms with Crippen LogP contribution in [0.2, 0.25) is 0 Å². The van der Waals surface area contributed by atoms with E-state index in [9.17, 15) is 14.7 Å². The van der Waals surface area contributed by atoms with Gasteiger partial charge in [0, 0.05) is 25.5 Å². The molecule has 6 heteroatoms. The normalized spacial score (nSPS) is 23.4. The third-order valence-corrected chi connectivity index (χ3v) is 4.81. The Morgan fingerprint density at radius 3 is 3.00 bits per heavy atom. The Balaban J connectivity index is 1.76. The van der Waals surface area contributed by atoms with Crippen LogP contribution in [0.4, 0.5) is 0 Å². The molecule has 0 unspecified atom stereocenters. The Hall–Kier alpha value is -2.08. The number of esters is 1. The SMILES string of the molecule is CC(=O)OC[C@H](CO)[C@H]1CCC2=Cc3c(cc(C)oc3=O)O[C@H]2C1. The first-order valence-electron chi connectivity index (χ1n) is 8.24. The van der Waals surface area contributed by atoms with Gasteiger partial charge in [-0.25, -0.2) is 4.79 Å². The second kappa shape index (κ2) is 6.81. The van der Waals surface area contributed by atoms with Crippen molar-refractivity contribution in [2.75, 3.05) is 13.2 Å². The predicted molar refractivity (Wildman–Crippen MR) is 86.7 cm³/mol. The lowest BCUT2D eigenvalue weighted by atomic mass is 9.76. The maximum absolute atomic E-state index is 12.0. The number of fused-ring (bicyclic) bond motifs is 2. The van der Waals surface area contributed by atoms with Gasteiger partial charge in [-0.1, -0.05) is 0 Å². The molecule has 2 aliphatic rings. The van der Waals surface area contributed by atoms with Gasteiger partial charge in [-0.3, -0.25) is 4.79 Å². The summed E-state index contributed by atoms with van der Waals surface area (Å²) >= 11 is 0. The van der Waals surface area contributed by atoms with Gasteiger partial charge in [0.15, 0.2) is 0 Å². The first-order chi connectivity index (χ1) is 11.5. The molecule has 0 spiro atoms. The van der Waals surface area contributed by atoms with Crippen LogP contribution >= 0.6 is 0 Å². The zero-order chi connectivity index (χ0) is 17.3. The highest BCUT2D eigenvalue weighted by atomic mass is 16.5. The zero-order valence-electron chi connectivity index (χ0n) is 13.9. The smallest absolute Gasteiger partial charge is 0.346 e. The highest BCUT2D eigenvalue weighted by Gasteiger charge is 2.35. The van der Waals surface area contributed by atoms with Crippen molar-refractivity contribution in [1.29, 1.82) is 0 Å². The Morgan fingerprint density at radius 1 is 1.50 bits per heavy atom. The summed E-state index contributed by atoms with van der Waals surface area (Å²) in [4.78, 5) is 23.0. The number of hydrogen-bond donors (Lipinski definition) is 1. The highest BCUT2D eigenvalue weighted by molar-refractivity contribution is 5.65. The van der Waals surface area contributed by atoms with Crippen LogP contribution in [0.15, 0.2) is 20.9 Å². The second-order valence-corrected chi connectivity index (χ2v) is 6.53. The lowest BCUT2D eigenvalue weighted by Gasteiger charge is -2.37. The van der Waals surface area contributed by atoms with Gasteiger partial charge in [-0.2, -0.15) is 0 Å². The minimum absolute atomic E-state index is 0.0248. The molecular formula is C18H22O6. The van der Waals surface area contributed by atoms with E-state index < -0.39 is 0 Å². The van der Waals surface area contributed by atoms with Gasteiger partial charge in [0.2, 0.25) is 0 Å². The van der Waals surface area contributed by atoms with E-state index in [1.54, 1.807) is 13.0 Å². The fraction of sp³-hybridized carbons (Fsp3) is 0.556. The van der Waals surface area contributed by atoms with Crippen LogP contribution in [-0.2, 0) is 9.53 Å². The topological polar surface area (TPSA) is 86.0 Å². The molecule has 1 aromatic heterocycles. The maximum atomic E-state index is 12.0. The van der Waals surface area contributed by atoms with Crippen LogP contribution in [0.3, 0.4) is 0 Å². The third-order valence-electron chi connectivity index (χ3n) is 4.81. The van der Waals surface area contributed by atoms with Crippen LogP contribution in [0.1, 0.15) is 37.5 Å². The zero-order valence-corrected chi connectivity index (χ0v) is 13.9. The van der Waals surface area contributed by atoms with Gasteiger partial charge in [-0.15, -0.1) is 0 Å². The van der Waals surface area contributed by atoms with E-state index in [4.69, 9.17) is 13.9 Å². The molecule has 3 rings (SSSR count). The van der Waals surface area contributed by atoms with Gasteiger partial charge in [0.05, 0.1) is 6.61 Å². The van der Waals surface area contributed by atoms with Gasteiger partial charge in [-0.05, 0) is 43.8 Å². The van der Waals surface area contributed by atoms with Crippen LogP contribution < -0.4 is 10.4 Å². The quantitative estimate of drug-likeness (QED) is 0.848. The lowest BCUT2D eigenvalue weighted by molar-refractivity contribution is -0.143. The summed E-state index contributed by atoms with van der Waals surface area (Å²) in [6.45, 7) is 3.28. The lowest BCUT2D eigenvalue weighted by Crippen LogP contribution is -2.36. The maximum Gasteiger partial charge on any atom is 0.346 e. The molecule has 0 amide bonds. The number of rotatable bonds is 4. The molecule has 0 bridgehead atoms. The van der Waals surface area contributed by atoms with Crippen molar-refractivity contribution in [3.8, 4) is 5.75 Å². The fourth-order valence-electron chi connectivity index (χ4n) is 3.50. The van der Waals surface area contributed by atoms with Gasteiger partial charge in [0.25, 0.3) is 0 Å². The molecule has 0 saturated heterocycles. The Labute approximate surface area is 140 Å². The number of carbonyl (C=O) groups excluding carboxylic acids is 1. The molecule has 1 aromatic rings. The molecule has 6 nitrogen and oxygen atoms in total. The Morgan fingerprint density at radius 2 is 2.29 bits per heavy atom. The number of aryl methyl sites for hydroxylation is 1. The summed E-state index contributed by atoms with van der Waals surface area (Å²) in [6, 6.07) is 1.73. The van der Waals surface area contributed by atoms with E-state index in [-0.39, 0.29) is 42.7 Å². The Kier molecular flexibility index (Phi) is 4.76. The van der Waals surface area contributed by atoms with Crippen molar-refractivity contribution in [2.45, 2.75) is 39.2 Å². The summed E-state index contributed by atoms with van der Waals surface area (Å²) in [5.41, 5.74) is 1.18. The minimum Gasteiger partial charge on any atom is -0.485 e. The third kappa shape index (κ3) is 3.38. The van der Waals surface area contributed by atoms with Crippen LogP contribution in [-0.4, -0.2) is 30.4 Å². The molecule has 0 radical (unpaired) electrons. The molecule has 1 aliphatic carbocycles. The summed E-state index contributed by atoms with van der Waals surface area (Å²) in [5.74, 6) is 0.849. The van der Waals surface area contributed by atoms with Crippen molar-refractivity contribution >= 4 is 12.0 Å². The largest absolute Gasteiger partial charge is 0.485 e. The molecule has 1 saturated carbocycles. The molecule has 3 atom stereocenters. The highest BCUT2D eigenvalue weighted by Crippen LogP contribution is 2.40. The van der Waals surface area contributed by atoms with Crippen molar-refractivity contribution in [1.82, 2.24) is 0 Å². The van der Waals surface area contributed by atoms with Crippen LogP contribution in [0.5, 0.6) is 5.75 Å². The van der Waals surface area contributed by atoms with Gasteiger partial charge < -0.3 is 19.0 Å². The number of hydrogen-bond acceptors (Lipinski definition) is 6. The van der Waals surface area contributed by atoms with Crippen molar-refractivity contribution in [3.05, 3.63) is 33.4 Å².